The first-order valence-electron chi connectivity index (χ1n) is 6.19. The molecule has 0 aliphatic carbocycles. The molecule has 1 N–H and O–H groups in total. The molecule has 0 radical (unpaired) electrons. The predicted molar refractivity (Wildman–Crippen MR) is 86.0 cm³/mol. The highest BCUT2D eigenvalue weighted by Gasteiger charge is 2.42. The fourth-order valence-electron chi connectivity index (χ4n) is 2.10. The lowest BCUT2D eigenvalue weighted by molar-refractivity contribution is -0.00815. The molecule has 2 atom stereocenters. The summed E-state index contributed by atoms with van der Waals surface area (Å²) in [5.41, 5.74) is -1.73. The van der Waals surface area contributed by atoms with E-state index >= 15 is 0 Å². The Kier molecular flexibility index (Phi) is 5.83. The molecular weight excluding hydrogens is 377 g/mol. The van der Waals surface area contributed by atoms with Gasteiger partial charge in [0.2, 0.25) is 0 Å². The number of rotatable bonds is 1. The Balaban J connectivity index is 2.82. The van der Waals surface area contributed by atoms with Gasteiger partial charge >= 0.3 is 6.09 Å². The number of ether oxygens (including phenoxy) is 1. The summed E-state index contributed by atoms with van der Waals surface area (Å²) in [6.07, 6.45) is 1.23. The second-order valence-electron chi connectivity index (χ2n) is 5.78. The highest BCUT2D eigenvalue weighted by atomic mass is 127. The summed E-state index contributed by atoms with van der Waals surface area (Å²) >= 11 is 2.05. The van der Waals surface area contributed by atoms with E-state index in [0.717, 1.165) is 12.8 Å². The van der Waals surface area contributed by atoms with Gasteiger partial charge in [0.15, 0.2) is 0 Å². The van der Waals surface area contributed by atoms with E-state index in [-0.39, 0.29) is 12.1 Å². The lowest BCUT2D eigenvalue weighted by Crippen LogP contribution is -2.50. The molecule has 1 amide bonds. The van der Waals surface area contributed by atoms with Crippen LogP contribution in [0.4, 0.5) is 4.79 Å². The zero-order valence-electron chi connectivity index (χ0n) is 11.7. The Morgan fingerprint density at radius 1 is 1.47 bits per heavy atom. The van der Waals surface area contributed by atoms with E-state index in [1.54, 1.807) is 11.8 Å². The minimum absolute atomic E-state index is 0.307. The Bertz CT molecular complexity index is 395. The maximum atomic E-state index is 12.1. The van der Waals surface area contributed by atoms with Crippen LogP contribution in [-0.2, 0) is 4.74 Å². The molecule has 0 bridgehead atoms. The summed E-state index contributed by atoms with van der Waals surface area (Å²) in [5.74, 6) is 2.81. The first-order valence-corrected chi connectivity index (χ1v) is 9.55. The molecule has 0 aromatic carbocycles. The van der Waals surface area contributed by atoms with Crippen LogP contribution in [0, 0.1) is 11.2 Å². The summed E-state index contributed by atoms with van der Waals surface area (Å²) in [6, 6.07) is -0.307. The van der Waals surface area contributed by atoms with Gasteiger partial charge in [0.1, 0.15) is 11.2 Å². The van der Waals surface area contributed by atoms with Crippen LogP contribution in [0.25, 0.3) is 0 Å². The van der Waals surface area contributed by atoms with Crippen molar-refractivity contribution in [3.8, 4) is 11.2 Å². The monoisotopic (exact) mass is 397 g/mol. The molecule has 4 nitrogen and oxygen atoms in total. The Morgan fingerprint density at radius 2 is 2.11 bits per heavy atom. The van der Waals surface area contributed by atoms with Gasteiger partial charge in [-0.1, -0.05) is 5.92 Å². The van der Waals surface area contributed by atoms with Gasteiger partial charge in [-0.05, 0) is 54.7 Å². The van der Waals surface area contributed by atoms with Crippen molar-refractivity contribution in [2.45, 2.75) is 57.8 Å². The van der Waals surface area contributed by atoms with Crippen LogP contribution in [0.2, 0.25) is 0 Å². The third-order valence-corrected chi connectivity index (χ3v) is 3.71. The zero-order valence-corrected chi connectivity index (χ0v) is 14.7. The smallest absolute Gasteiger partial charge is 0.410 e. The average molecular weight is 397 g/mol. The van der Waals surface area contributed by atoms with Crippen LogP contribution >= 0.6 is 30.1 Å². The second-order valence-corrected chi connectivity index (χ2v) is 7.46. The van der Waals surface area contributed by atoms with E-state index in [9.17, 15) is 9.90 Å². The highest BCUT2D eigenvalue weighted by molar-refractivity contribution is 14.2. The topological polar surface area (TPSA) is 49.8 Å². The van der Waals surface area contributed by atoms with Crippen LogP contribution in [0.1, 0.15) is 40.5 Å². The van der Waals surface area contributed by atoms with Gasteiger partial charge in [0, 0.05) is 27.8 Å². The van der Waals surface area contributed by atoms with Crippen molar-refractivity contribution in [1.82, 2.24) is 4.90 Å². The molecule has 6 heteroatoms. The van der Waals surface area contributed by atoms with Crippen molar-refractivity contribution in [3.05, 3.63) is 0 Å². The van der Waals surface area contributed by atoms with Crippen molar-refractivity contribution in [3.63, 3.8) is 0 Å². The van der Waals surface area contributed by atoms with Crippen LogP contribution in [0.15, 0.2) is 0 Å². The molecule has 0 aromatic rings. The van der Waals surface area contributed by atoms with Crippen LogP contribution in [0.3, 0.4) is 0 Å². The zero-order chi connectivity index (χ0) is 14.7. The molecule has 2 unspecified atom stereocenters. The van der Waals surface area contributed by atoms with Crippen LogP contribution < -0.4 is 0 Å². The number of halogens is 1. The van der Waals surface area contributed by atoms with Crippen molar-refractivity contribution in [1.29, 1.82) is 0 Å². The summed E-state index contributed by atoms with van der Waals surface area (Å²) in [6.45, 7) is 7.76. The molecule has 1 rings (SSSR count). The quantitative estimate of drug-likeness (QED) is 0.546. The second kappa shape index (κ2) is 6.55. The number of hydrogen-bond donors (Lipinski definition) is 1. The number of hydrogen-bond acceptors (Lipinski definition) is 4. The van der Waals surface area contributed by atoms with Gasteiger partial charge in [-0.25, -0.2) is 4.79 Å². The molecule has 0 spiro atoms. The van der Waals surface area contributed by atoms with E-state index < -0.39 is 11.2 Å². The lowest BCUT2D eigenvalue weighted by atomic mass is 9.95. The molecule has 1 saturated heterocycles. The molecule has 0 aromatic heterocycles. The van der Waals surface area contributed by atoms with Gasteiger partial charge in [-0.2, -0.15) is 0 Å². The maximum Gasteiger partial charge on any atom is 0.410 e. The van der Waals surface area contributed by atoms with E-state index in [1.807, 2.05) is 20.8 Å². The lowest BCUT2D eigenvalue weighted by Gasteiger charge is -2.34. The number of carbonyl (C=O) groups excluding carboxylic acids is 1. The minimum Gasteiger partial charge on any atom is -0.444 e. The summed E-state index contributed by atoms with van der Waals surface area (Å²) in [7, 11) is 1.32. The van der Waals surface area contributed by atoms with Crippen molar-refractivity contribution < 1.29 is 14.6 Å². The Labute approximate surface area is 131 Å². The molecular formula is C13H20INO3S. The van der Waals surface area contributed by atoms with Crippen molar-refractivity contribution in [2.75, 3.05) is 6.54 Å². The number of carbonyl (C=O) groups is 1. The van der Waals surface area contributed by atoms with E-state index in [2.05, 4.69) is 32.4 Å². The Hall–Kier alpha value is -0.130. The SMILES string of the molecule is CC(C)(C)OC(=O)N1CCCC1C(C)(O)C#CSI. The largest absolute Gasteiger partial charge is 0.444 e. The first kappa shape index (κ1) is 16.9. The van der Waals surface area contributed by atoms with E-state index in [0.29, 0.717) is 6.54 Å². The average Bonchev–Trinajstić information content (AvgIpc) is 2.73. The summed E-state index contributed by atoms with van der Waals surface area (Å²) in [4.78, 5) is 13.7. The van der Waals surface area contributed by atoms with Gasteiger partial charge in [-0.3, -0.25) is 0 Å². The van der Waals surface area contributed by atoms with Crippen molar-refractivity contribution >= 4 is 36.2 Å². The summed E-state index contributed by atoms with van der Waals surface area (Å²) in [5, 5.41) is 13.2. The molecule has 108 valence electrons. The van der Waals surface area contributed by atoms with Crippen molar-refractivity contribution in [2.24, 2.45) is 0 Å². The van der Waals surface area contributed by atoms with E-state index in [1.165, 1.54) is 8.93 Å². The fourth-order valence-corrected chi connectivity index (χ4v) is 2.67. The van der Waals surface area contributed by atoms with Gasteiger partial charge in [-0.15, -0.1) is 0 Å². The predicted octanol–water partition coefficient (Wildman–Crippen LogP) is 3.18. The molecule has 1 aliphatic heterocycles. The van der Waals surface area contributed by atoms with Crippen LogP contribution in [-0.4, -0.2) is 39.9 Å². The fraction of sp³-hybridized carbons (Fsp3) is 0.769. The maximum absolute atomic E-state index is 12.1. The first-order chi connectivity index (χ1) is 8.67. The van der Waals surface area contributed by atoms with E-state index in [4.69, 9.17) is 4.74 Å². The molecule has 0 saturated carbocycles. The van der Waals surface area contributed by atoms with Crippen LogP contribution in [0.5, 0.6) is 0 Å². The molecule has 1 heterocycles. The number of nitrogens with zero attached hydrogens (tertiary/aromatic N) is 1. The van der Waals surface area contributed by atoms with Gasteiger partial charge in [0.05, 0.1) is 6.04 Å². The van der Waals surface area contributed by atoms with Gasteiger partial charge in [0.25, 0.3) is 0 Å². The number of likely N-dealkylation sites (tertiary alicyclic amines) is 1. The number of aliphatic hydroxyl groups is 1. The third-order valence-electron chi connectivity index (χ3n) is 2.87. The minimum atomic E-state index is -1.20. The molecule has 1 fully saturated rings. The highest BCUT2D eigenvalue weighted by Crippen LogP contribution is 2.28. The summed E-state index contributed by atoms with van der Waals surface area (Å²) < 4.78 is 5.37. The number of amides is 1. The molecule has 19 heavy (non-hydrogen) atoms. The standard InChI is InChI=1S/C13H20INO3S/c1-12(2,3)18-11(16)15-8-5-6-10(15)13(4,17)7-9-19-14/h10,17H,5-6,8H2,1-4H3. The third kappa shape index (κ3) is 5.04. The van der Waals surface area contributed by atoms with Gasteiger partial charge < -0.3 is 14.7 Å². The normalized spacial score (nSPS) is 22.4. The Morgan fingerprint density at radius 3 is 2.63 bits per heavy atom. The molecule has 1 aliphatic rings.